The molecule has 0 fully saturated rings. The molecule has 0 saturated carbocycles. The van der Waals surface area contributed by atoms with Gasteiger partial charge in [-0.3, -0.25) is 4.79 Å². The van der Waals surface area contributed by atoms with Gasteiger partial charge in [0, 0.05) is 19.2 Å². The minimum Gasteiger partial charge on any atom is -0.539 e. The van der Waals surface area contributed by atoms with E-state index in [1.165, 1.54) is 9.58 Å². The van der Waals surface area contributed by atoms with Gasteiger partial charge in [0.2, 0.25) is 11.6 Å². The van der Waals surface area contributed by atoms with Gasteiger partial charge in [-0.1, -0.05) is 30.3 Å². The molecule has 2 aromatic carbocycles. The van der Waals surface area contributed by atoms with Gasteiger partial charge in [0.1, 0.15) is 12.3 Å². The van der Waals surface area contributed by atoms with Crippen LogP contribution in [-0.4, -0.2) is 30.2 Å². The van der Waals surface area contributed by atoms with Gasteiger partial charge in [0.05, 0.1) is 18.8 Å². The molecule has 1 heterocycles. The normalized spacial score (nSPS) is 10.5. The summed E-state index contributed by atoms with van der Waals surface area (Å²) in [6.45, 7) is 0.0973. The van der Waals surface area contributed by atoms with E-state index in [-0.39, 0.29) is 24.6 Å². The minimum absolute atomic E-state index is 0.0973. The highest BCUT2D eigenvalue weighted by Gasteiger charge is 2.23. The molecule has 7 heteroatoms. The van der Waals surface area contributed by atoms with Crippen molar-refractivity contribution in [3.8, 4) is 17.4 Å². The predicted octanol–water partition coefficient (Wildman–Crippen LogP) is 1.23. The number of likely N-dealkylation sites (N-methyl/N-ethyl adjacent to an activating group) is 1. The van der Waals surface area contributed by atoms with Crippen LogP contribution in [0.4, 0.5) is 0 Å². The van der Waals surface area contributed by atoms with Gasteiger partial charge < -0.3 is 19.3 Å². The maximum absolute atomic E-state index is 12.4. The number of nitrogens with zero attached hydrogens (tertiary/aromatic N) is 3. The molecule has 0 unspecified atom stereocenters. The fourth-order valence-corrected chi connectivity index (χ4v) is 2.54. The molecule has 1 amide bonds. The van der Waals surface area contributed by atoms with Crippen molar-refractivity contribution in [1.82, 2.24) is 10.2 Å². The molecule has 7 nitrogen and oxygen atoms in total. The van der Waals surface area contributed by atoms with E-state index in [1.54, 1.807) is 38.4 Å². The zero-order valence-corrected chi connectivity index (χ0v) is 14.6. The van der Waals surface area contributed by atoms with Gasteiger partial charge in [-0.05, 0) is 22.4 Å². The van der Waals surface area contributed by atoms with Crippen LogP contribution in [0.1, 0.15) is 11.3 Å². The van der Waals surface area contributed by atoms with E-state index >= 15 is 0 Å². The highest BCUT2D eigenvalue weighted by atomic mass is 16.6. The van der Waals surface area contributed by atoms with Gasteiger partial charge in [-0.15, -0.1) is 0 Å². The maximum Gasteiger partial charge on any atom is 0.259 e. The Morgan fingerprint density at radius 1 is 1.19 bits per heavy atom. The zero-order valence-electron chi connectivity index (χ0n) is 14.6. The van der Waals surface area contributed by atoms with Crippen LogP contribution in [0.25, 0.3) is 5.69 Å². The van der Waals surface area contributed by atoms with Crippen LogP contribution in [0, 0.1) is 0 Å². The van der Waals surface area contributed by atoms with Crippen LogP contribution in [0.2, 0.25) is 0 Å². The van der Waals surface area contributed by atoms with Crippen molar-refractivity contribution < 1.29 is 23.8 Å². The van der Waals surface area contributed by atoms with E-state index in [0.29, 0.717) is 11.4 Å². The minimum atomic E-state index is -0.569. The Bertz CT molecular complexity index is 876. The van der Waals surface area contributed by atoms with Crippen molar-refractivity contribution in [1.29, 1.82) is 0 Å². The smallest absolute Gasteiger partial charge is 0.259 e. The fraction of sp³-hybridized carbons (Fsp3) is 0.211. The van der Waals surface area contributed by atoms with E-state index in [2.05, 4.69) is 5.27 Å². The Kier molecular flexibility index (Phi) is 5.17. The third kappa shape index (κ3) is 3.83. The highest BCUT2D eigenvalue weighted by molar-refractivity contribution is 5.78. The summed E-state index contributed by atoms with van der Waals surface area (Å²) in [7, 11) is 3.23. The molecule has 0 atom stereocenters. The molecule has 0 N–H and O–H groups in total. The van der Waals surface area contributed by atoms with E-state index in [0.717, 1.165) is 5.56 Å². The first-order valence-corrected chi connectivity index (χ1v) is 8.08. The number of carbonyl (C=O) groups is 1. The number of ether oxygens (including phenoxy) is 1. The Labute approximate surface area is 151 Å². The average Bonchev–Trinajstić information content (AvgIpc) is 3.03. The monoisotopic (exact) mass is 353 g/mol. The molecule has 3 rings (SSSR count). The van der Waals surface area contributed by atoms with Crippen molar-refractivity contribution in [2.24, 2.45) is 0 Å². The summed E-state index contributed by atoms with van der Waals surface area (Å²) in [5.41, 5.74) is 1.84. The lowest BCUT2D eigenvalue weighted by Gasteiger charge is -2.15. The summed E-state index contributed by atoms with van der Waals surface area (Å²) in [5, 5.41) is 15.8. The molecular formula is C19H19N3O4. The number of amides is 1. The summed E-state index contributed by atoms with van der Waals surface area (Å²) in [6, 6.07) is 16.5. The molecule has 0 bridgehead atoms. The zero-order chi connectivity index (χ0) is 18.5. The second-order valence-corrected chi connectivity index (χ2v) is 5.83. The summed E-state index contributed by atoms with van der Waals surface area (Å²) in [6.07, 6.45) is 0.263. The Balaban J connectivity index is 1.76. The number of hydrogen-bond acceptors (Lipinski definition) is 5. The summed E-state index contributed by atoms with van der Waals surface area (Å²) < 4.78 is 11.3. The predicted molar refractivity (Wildman–Crippen MR) is 90.7 cm³/mol. The lowest BCUT2D eigenvalue weighted by Crippen LogP contribution is -2.40. The lowest BCUT2D eigenvalue weighted by atomic mass is 10.1. The van der Waals surface area contributed by atoms with Crippen LogP contribution >= 0.6 is 0 Å². The van der Waals surface area contributed by atoms with Crippen molar-refractivity contribution >= 4 is 5.91 Å². The number of methoxy groups -OCH3 is 1. The van der Waals surface area contributed by atoms with Crippen LogP contribution in [0.15, 0.2) is 59.1 Å². The molecule has 134 valence electrons. The number of aromatic nitrogens is 2. The van der Waals surface area contributed by atoms with E-state index in [9.17, 15) is 9.90 Å². The number of benzene rings is 2. The van der Waals surface area contributed by atoms with Crippen LogP contribution in [-0.2, 0) is 17.8 Å². The van der Waals surface area contributed by atoms with Crippen LogP contribution < -0.4 is 14.5 Å². The van der Waals surface area contributed by atoms with Gasteiger partial charge in [-0.2, -0.15) is 0 Å². The number of rotatable bonds is 6. The molecule has 26 heavy (non-hydrogen) atoms. The first kappa shape index (κ1) is 17.5. The molecule has 0 saturated heterocycles. The van der Waals surface area contributed by atoms with E-state index < -0.39 is 5.95 Å². The van der Waals surface area contributed by atoms with Crippen molar-refractivity contribution in [3.63, 3.8) is 0 Å². The molecule has 0 aliphatic heterocycles. The van der Waals surface area contributed by atoms with Gasteiger partial charge in [0.25, 0.3) is 5.69 Å². The fourth-order valence-electron chi connectivity index (χ4n) is 2.54. The standard InChI is InChI=1S/C19H19N3O4/c1-21(18(23)12-14-6-4-3-5-7-14)13-17-19(24)26-20-22(17)15-8-10-16(25-2)11-9-15/h3-11H,12-13H2,1-2H3. The quantitative estimate of drug-likeness (QED) is 0.623. The first-order valence-electron chi connectivity index (χ1n) is 8.08. The SMILES string of the molecule is COc1ccc(-[n+]2noc([O-])c2CN(C)C(=O)Cc2ccccc2)cc1. The second kappa shape index (κ2) is 7.69. The first-order chi connectivity index (χ1) is 12.6. The Morgan fingerprint density at radius 3 is 2.54 bits per heavy atom. The molecule has 0 radical (unpaired) electrons. The largest absolute Gasteiger partial charge is 0.539 e. The van der Waals surface area contributed by atoms with Gasteiger partial charge in [-0.25, -0.2) is 0 Å². The Hall–Kier alpha value is -3.35. The van der Waals surface area contributed by atoms with E-state index in [1.807, 2.05) is 30.3 Å². The molecular weight excluding hydrogens is 334 g/mol. The molecule has 1 aromatic heterocycles. The molecule has 0 aliphatic carbocycles. The molecule has 0 spiro atoms. The van der Waals surface area contributed by atoms with Crippen LogP contribution in [0.5, 0.6) is 11.7 Å². The van der Waals surface area contributed by atoms with Crippen LogP contribution in [0.3, 0.4) is 0 Å². The summed E-state index contributed by atoms with van der Waals surface area (Å²) >= 11 is 0. The van der Waals surface area contributed by atoms with Crippen molar-refractivity contribution in [2.45, 2.75) is 13.0 Å². The van der Waals surface area contributed by atoms with Crippen molar-refractivity contribution in [2.75, 3.05) is 14.2 Å². The van der Waals surface area contributed by atoms with Gasteiger partial charge in [0.15, 0.2) is 5.95 Å². The average molecular weight is 353 g/mol. The molecule has 0 aliphatic rings. The van der Waals surface area contributed by atoms with E-state index in [4.69, 9.17) is 9.26 Å². The third-order valence-electron chi connectivity index (χ3n) is 4.02. The summed E-state index contributed by atoms with van der Waals surface area (Å²) in [5.74, 6) is 0.0233. The Morgan fingerprint density at radius 2 is 1.88 bits per heavy atom. The maximum atomic E-state index is 12.4. The van der Waals surface area contributed by atoms with Gasteiger partial charge >= 0.3 is 0 Å². The number of carbonyl (C=O) groups excluding carboxylic acids is 1. The highest BCUT2D eigenvalue weighted by Crippen LogP contribution is 2.16. The van der Waals surface area contributed by atoms with Crippen molar-refractivity contribution in [3.05, 3.63) is 65.9 Å². The number of hydrogen-bond donors (Lipinski definition) is 0. The lowest BCUT2D eigenvalue weighted by molar-refractivity contribution is -0.678. The topological polar surface area (TPSA) is 82.5 Å². The molecule has 3 aromatic rings. The summed E-state index contributed by atoms with van der Waals surface area (Å²) in [4.78, 5) is 13.9. The second-order valence-electron chi connectivity index (χ2n) is 5.83. The third-order valence-corrected chi connectivity index (χ3v) is 4.02.